The molecule has 23 heavy (non-hydrogen) atoms. The molecule has 0 bridgehead atoms. The van der Waals surface area contributed by atoms with E-state index in [1.807, 2.05) is 44.1 Å². The molecule has 1 amide bonds. The number of ether oxygens (including phenoxy) is 1. The van der Waals surface area contributed by atoms with Crippen molar-refractivity contribution in [2.75, 3.05) is 13.1 Å². The summed E-state index contributed by atoms with van der Waals surface area (Å²) < 4.78 is 5.50. The highest BCUT2D eigenvalue weighted by molar-refractivity contribution is 5.68. The van der Waals surface area contributed by atoms with Gasteiger partial charge in [-0.2, -0.15) is 0 Å². The fraction of sp³-hybridized carbons (Fsp3) is 0.667. The van der Waals surface area contributed by atoms with E-state index in [2.05, 4.69) is 17.2 Å². The smallest absolute Gasteiger partial charge is 0.410 e. The fourth-order valence-electron chi connectivity index (χ4n) is 2.87. The molecular formula is C18H29N3O2. The third kappa shape index (κ3) is 5.50. The molecule has 2 rings (SSSR count). The van der Waals surface area contributed by atoms with Crippen molar-refractivity contribution in [2.45, 2.75) is 65.1 Å². The lowest BCUT2D eigenvalue weighted by atomic mass is 10.1. The maximum Gasteiger partial charge on any atom is 0.410 e. The van der Waals surface area contributed by atoms with Gasteiger partial charge in [0, 0.05) is 31.5 Å². The summed E-state index contributed by atoms with van der Waals surface area (Å²) in [6.45, 7) is 10.3. The average Bonchev–Trinajstić information content (AvgIpc) is 2.92. The molecule has 1 aliphatic heterocycles. The Bertz CT molecular complexity index is 525. The zero-order chi connectivity index (χ0) is 16.9. The first kappa shape index (κ1) is 17.7. The monoisotopic (exact) mass is 319 g/mol. The highest BCUT2D eigenvalue weighted by Gasteiger charge is 2.31. The maximum absolute atomic E-state index is 12.2. The molecule has 1 N–H and O–H groups in total. The maximum atomic E-state index is 12.2. The summed E-state index contributed by atoms with van der Waals surface area (Å²) in [6, 6.07) is 2.31. The van der Waals surface area contributed by atoms with Crippen molar-refractivity contribution < 1.29 is 9.53 Å². The molecule has 0 aliphatic carbocycles. The summed E-state index contributed by atoms with van der Waals surface area (Å²) in [5, 5.41) is 3.46. The molecule has 5 heteroatoms. The van der Waals surface area contributed by atoms with Crippen molar-refractivity contribution in [3.63, 3.8) is 0 Å². The quantitative estimate of drug-likeness (QED) is 0.846. The first-order chi connectivity index (χ1) is 10.9. The number of hydrogen-bond acceptors (Lipinski definition) is 4. The number of pyridine rings is 1. The van der Waals surface area contributed by atoms with E-state index < -0.39 is 5.60 Å². The van der Waals surface area contributed by atoms with Gasteiger partial charge in [-0.1, -0.05) is 0 Å². The topological polar surface area (TPSA) is 54.5 Å². The van der Waals surface area contributed by atoms with Gasteiger partial charge in [0.05, 0.1) is 0 Å². The number of hydrogen-bond donors (Lipinski definition) is 1. The molecule has 1 aromatic rings. The molecular weight excluding hydrogens is 290 g/mol. The van der Waals surface area contributed by atoms with Gasteiger partial charge < -0.3 is 15.0 Å². The SMILES string of the molecule is Cc1ccncc1CNCCC1CCCN1C(=O)OC(C)(C)C. The van der Waals surface area contributed by atoms with Crippen LogP contribution in [0.15, 0.2) is 18.5 Å². The van der Waals surface area contributed by atoms with Gasteiger partial charge in [-0.25, -0.2) is 4.79 Å². The van der Waals surface area contributed by atoms with Crippen molar-refractivity contribution in [1.29, 1.82) is 0 Å². The molecule has 0 spiro atoms. The Morgan fingerprint density at radius 1 is 1.48 bits per heavy atom. The number of nitrogens with zero attached hydrogens (tertiary/aromatic N) is 2. The minimum absolute atomic E-state index is 0.178. The van der Waals surface area contributed by atoms with E-state index in [0.29, 0.717) is 0 Å². The van der Waals surface area contributed by atoms with Crippen molar-refractivity contribution >= 4 is 6.09 Å². The highest BCUT2D eigenvalue weighted by atomic mass is 16.6. The van der Waals surface area contributed by atoms with Crippen molar-refractivity contribution in [3.8, 4) is 0 Å². The Hall–Kier alpha value is -1.62. The summed E-state index contributed by atoms with van der Waals surface area (Å²) in [6.07, 6.45) is 6.63. The van der Waals surface area contributed by atoms with E-state index in [1.165, 1.54) is 11.1 Å². The zero-order valence-corrected chi connectivity index (χ0v) is 14.8. The van der Waals surface area contributed by atoms with Crippen LogP contribution in [0.5, 0.6) is 0 Å². The number of aryl methyl sites for hydroxylation is 1. The van der Waals surface area contributed by atoms with Crippen LogP contribution in [0.1, 0.15) is 51.2 Å². The van der Waals surface area contributed by atoms with Gasteiger partial charge in [-0.3, -0.25) is 4.98 Å². The van der Waals surface area contributed by atoms with Crippen LogP contribution in [-0.4, -0.2) is 40.7 Å². The van der Waals surface area contributed by atoms with Gasteiger partial charge in [0.2, 0.25) is 0 Å². The van der Waals surface area contributed by atoms with Crippen molar-refractivity contribution in [3.05, 3.63) is 29.6 Å². The van der Waals surface area contributed by atoms with Gasteiger partial charge >= 0.3 is 6.09 Å². The molecule has 1 aliphatic rings. The van der Waals surface area contributed by atoms with Crippen LogP contribution in [0.25, 0.3) is 0 Å². The molecule has 2 heterocycles. The predicted octanol–water partition coefficient (Wildman–Crippen LogP) is 3.27. The molecule has 1 aromatic heterocycles. The largest absolute Gasteiger partial charge is 0.444 e. The third-order valence-corrected chi connectivity index (χ3v) is 4.12. The van der Waals surface area contributed by atoms with Gasteiger partial charge in [-0.15, -0.1) is 0 Å². The highest BCUT2D eigenvalue weighted by Crippen LogP contribution is 2.22. The van der Waals surface area contributed by atoms with Crippen LogP contribution in [0, 0.1) is 6.92 Å². The van der Waals surface area contributed by atoms with E-state index in [0.717, 1.165) is 38.9 Å². The number of likely N-dealkylation sites (tertiary alicyclic amines) is 1. The predicted molar refractivity (Wildman–Crippen MR) is 91.3 cm³/mol. The molecule has 1 fully saturated rings. The standard InChI is InChI=1S/C18H29N3O2/c1-14-7-9-19-12-15(14)13-20-10-8-16-6-5-11-21(16)17(22)23-18(2,3)4/h7,9,12,16,20H,5-6,8,10-11,13H2,1-4H3. The van der Waals surface area contributed by atoms with Gasteiger partial charge in [0.25, 0.3) is 0 Å². The van der Waals surface area contributed by atoms with E-state index in [4.69, 9.17) is 4.74 Å². The van der Waals surface area contributed by atoms with Gasteiger partial charge in [0.15, 0.2) is 0 Å². The minimum atomic E-state index is -0.430. The number of rotatable bonds is 5. The number of carbonyl (C=O) groups is 1. The van der Waals surface area contributed by atoms with E-state index >= 15 is 0 Å². The lowest BCUT2D eigenvalue weighted by Crippen LogP contribution is -2.40. The lowest BCUT2D eigenvalue weighted by Gasteiger charge is -2.28. The normalized spacial score (nSPS) is 18.3. The molecule has 1 saturated heterocycles. The van der Waals surface area contributed by atoms with Crippen LogP contribution in [0.3, 0.4) is 0 Å². The van der Waals surface area contributed by atoms with Crippen molar-refractivity contribution in [2.24, 2.45) is 0 Å². The lowest BCUT2D eigenvalue weighted by molar-refractivity contribution is 0.0221. The number of amides is 1. The molecule has 0 aromatic carbocycles. The fourth-order valence-corrected chi connectivity index (χ4v) is 2.87. The summed E-state index contributed by atoms with van der Waals surface area (Å²) in [5.41, 5.74) is 2.05. The Labute approximate surface area is 139 Å². The molecule has 0 radical (unpaired) electrons. The Kier molecular flexibility index (Phi) is 5.99. The van der Waals surface area contributed by atoms with E-state index in [-0.39, 0.29) is 12.1 Å². The van der Waals surface area contributed by atoms with Crippen LogP contribution < -0.4 is 5.32 Å². The van der Waals surface area contributed by atoms with Crippen LogP contribution in [-0.2, 0) is 11.3 Å². The Morgan fingerprint density at radius 3 is 2.96 bits per heavy atom. The minimum Gasteiger partial charge on any atom is -0.444 e. The molecule has 1 atom stereocenters. The molecule has 0 saturated carbocycles. The van der Waals surface area contributed by atoms with Crippen LogP contribution in [0.4, 0.5) is 4.79 Å². The summed E-state index contributed by atoms with van der Waals surface area (Å²) in [4.78, 5) is 18.3. The van der Waals surface area contributed by atoms with Crippen LogP contribution in [0.2, 0.25) is 0 Å². The summed E-state index contributed by atoms with van der Waals surface area (Å²) in [5.74, 6) is 0. The number of aromatic nitrogens is 1. The van der Waals surface area contributed by atoms with Gasteiger partial charge in [0.1, 0.15) is 5.60 Å². The molecule has 5 nitrogen and oxygen atoms in total. The number of carbonyl (C=O) groups excluding carboxylic acids is 1. The van der Waals surface area contributed by atoms with E-state index in [9.17, 15) is 4.79 Å². The Morgan fingerprint density at radius 2 is 2.26 bits per heavy atom. The second-order valence-electron chi connectivity index (χ2n) is 7.24. The third-order valence-electron chi connectivity index (χ3n) is 4.12. The van der Waals surface area contributed by atoms with Crippen molar-refractivity contribution in [1.82, 2.24) is 15.2 Å². The Balaban J connectivity index is 1.76. The number of nitrogens with one attached hydrogen (secondary N) is 1. The average molecular weight is 319 g/mol. The molecule has 1 unspecified atom stereocenters. The second kappa shape index (κ2) is 7.77. The second-order valence-corrected chi connectivity index (χ2v) is 7.24. The summed E-state index contributed by atoms with van der Waals surface area (Å²) >= 11 is 0. The first-order valence-corrected chi connectivity index (χ1v) is 8.46. The van der Waals surface area contributed by atoms with Crippen LogP contribution >= 0.6 is 0 Å². The molecule has 128 valence electrons. The first-order valence-electron chi connectivity index (χ1n) is 8.46. The van der Waals surface area contributed by atoms with Gasteiger partial charge in [-0.05, 0) is 70.7 Å². The van der Waals surface area contributed by atoms with E-state index in [1.54, 1.807) is 0 Å². The zero-order valence-electron chi connectivity index (χ0n) is 14.8. The summed E-state index contributed by atoms with van der Waals surface area (Å²) in [7, 11) is 0.